The van der Waals surface area contributed by atoms with E-state index < -0.39 is 28.9 Å². The monoisotopic (exact) mass is 575 g/mol. The second-order valence-corrected chi connectivity index (χ2v) is 10.8. The lowest BCUT2D eigenvalue weighted by Gasteiger charge is -2.37. The number of anilines is 1. The molecule has 4 aromatic rings. The Bertz CT molecular complexity index is 1680. The van der Waals surface area contributed by atoms with E-state index >= 15 is 0 Å². The first kappa shape index (κ1) is 29.2. The summed E-state index contributed by atoms with van der Waals surface area (Å²) in [6, 6.07) is 17.7. The average molecular weight is 576 g/mol. The van der Waals surface area contributed by atoms with Crippen LogP contribution in [0.15, 0.2) is 76.3 Å². The molecule has 8 nitrogen and oxygen atoms in total. The molecule has 2 heterocycles. The summed E-state index contributed by atoms with van der Waals surface area (Å²) in [6.07, 6.45) is 0. The largest absolute Gasteiger partial charge is 0.507 e. The van der Waals surface area contributed by atoms with Gasteiger partial charge in [-0.25, -0.2) is 13.6 Å². The number of aryl methyl sites for hydroxylation is 1. The van der Waals surface area contributed by atoms with Gasteiger partial charge in [-0.3, -0.25) is 18.8 Å². The number of nitrogens with two attached hydrogens (primary N) is 1. The van der Waals surface area contributed by atoms with Gasteiger partial charge in [-0.05, 0) is 37.1 Å². The highest BCUT2D eigenvalue weighted by Crippen LogP contribution is 2.25. The maximum atomic E-state index is 14.7. The molecule has 42 heavy (non-hydrogen) atoms. The zero-order chi connectivity index (χ0) is 30.0. The lowest BCUT2D eigenvalue weighted by Crippen LogP contribution is -2.51. The topological polar surface area (TPSA) is 96.7 Å². The molecule has 1 saturated heterocycles. The molecule has 0 amide bonds. The lowest BCUT2D eigenvalue weighted by molar-refractivity contribution is 0.246. The summed E-state index contributed by atoms with van der Waals surface area (Å²) in [6.45, 7) is 5.77. The molecule has 0 spiro atoms. The lowest BCUT2D eigenvalue weighted by atomic mass is 10.1. The van der Waals surface area contributed by atoms with Gasteiger partial charge in [0.15, 0.2) is 0 Å². The zero-order valence-electron chi connectivity index (χ0n) is 23.8. The van der Waals surface area contributed by atoms with Crippen LogP contribution in [-0.2, 0) is 19.6 Å². The average Bonchev–Trinajstić information content (AvgIpc) is 2.98. The Morgan fingerprint density at radius 2 is 1.48 bits per heavy atom. The molecule has 1 aliphatic heterocycles. The summed E-state index contributed by atoms with van der Waals surface area (Å²) in [7, 11) is 0. The van der Waals surface area contributed by atoms with E-state index in [-0.39, 0.29) is 24.4 Å². The number of aromatic nitrogens is 2. The summed E-state index contributed by atoms with van der Waals surface area (Å²) in [5.41, 5.74) is 8.05. The third-order valence-electron chi connectivity index (χ3n) is 8.05. The first-order chi connectivity index (χ1) is 20.2. The Morgan fingerprint density at radius 3 is 2.14 bits per heavy atom. The molecule has 220 valence electrons. The van der Waals surface area contributed by atoms with Crippen LogP contribution >= 0.6 is 0 Å². The predicted octanol–water partition coefficient (Wildman–Crippen LogP) is 3.68. The van der Waals surface area contributed by atoms with Crippen LogP contribution in [0.3, 0.4) is 0 Å². The SMILES string of the molecule is Cc1cccc(CN2CCN(c3c(C)n(Cc4c(F)cccc4F)c(=O)n(C[C@@H](N)c4ccccc4)c3=O)CC2)c1O. The number of phenolic OH excluding ortho intramolecular Hbond substituents is 1. The van der Waals surface area contributed by atoms with Gasteiger partial charge in [0, 0.05) is 55.6 Å². The maximum absolute atomic E-state index is 14.7. The summed E-state index contributed by atoms with van der Waals surface area (Å²) in [5, 5.41) is 10.5. The van der Waals surface area contributed by atoms with Gasteiger partial charge in [0.2, 0.25) is 0 Å². The van der Waals surface area contributed by atoms with Crippen molar-refractivity contribution in [2.45, 2.75) is 39.5 Å². The van der Waals surface area contributed by atoms with Crippen LogP contribution in [0.4, 0.5) is 14.5 Å². The van der Waals surface area contributed by atoms with Crippen molar-refractivity contribution in [3.63, 3.8) is 0 Å². The Hall–Kier alpha value is -4.28. The number of benzene rings is 3. The number of rotatable bonds is 8. The first-order valence-electron chi connectivity index (χ1n) is 14.0. The molecule has 1 atom stereocenters. The molecule has 10 heteroatoms. The molecule has 0 radical (unpaired) electrons. The Morgan fingerprint density at radius 1 is 0.833 bits per heavy atom. The number of hydrogen-bond donors (Lipinski definition) is 2. The molecule has 1 aromatic heterocycles. The molecular weight excluding hydrogens is 540 g/mol. The van der Waals surface area contributed by atoms with Crippen LogP contribution in [0.25, 0.3) is 0 Å². The molecule has 0 unspecified atom stereocenters. The van der Waals surface area contributed by atoms with Crippen LogP contribution in [0.2, 0.25) is 0 Å². The van der Waals surface area contributed by atoms with E-state index in [1.165, 1.54) is 10.6 Å². The van der Waals surface area contributed by atoms with Gasteiger partial charge in [-0.2, -0.15) is 0 Å². The standard InChI is InChI=1S/C32H35F2N5O3/c1-21-8-6-11-24(30(21)40)18-36-14-16-37(17-15-36)29-22(2)38(19-25-26(33)12-7-13-27(25)34)32(42)39(31(29)41)20-28(35)23-9-4-3-5-10-23/h3-13,28,40H,14-20,35H2,1-2H3/t28-/m1/s1. The van der Waals surface area contributed by atoms with E-state index in [4.69, 9.17) is 5.73 Å². The number of nitrogens with zero attached hydrogens (tertiary/aromatic N) is 4. The Labute approximate surface area is 242 Å². The molecule has 1 fully saturated rings. The molecule has 0 aliphatic carbocycles. The highest BCUT2D eigenvalue weighted by atomic mass is 19.1. The van der Waals surface area contributed by atoms with Crippen molar-refractivity contribution in [1.29, 1.82) is 0 Å². The molecule has 0 bridgehead atoms. The van der Waals surface area contributed by atoms with E-state index in [9.17, 15) is 23.5 Å². The fourth-order valence-electron chi connectivity index (χ4n) is 5.56. The second kappa shape index (κ2) is 12.3. The van der Waals surface area contributed by atoms with Gasteiger partial charge >= 0.3 is 5.69 Å². The van der Waals surface area contributed by atoms with E-state index in [0.717, 1.165) is 33.4 Å². The second-order valence-electron chi connectivity index (χ2n) is 10.8. The van der Waals surface area contributed by atoms with Crippen LogP contribution in [0, 0.1) is 25.5 Å². The van der Waals surface area contributed by atoms with Crippen molar-refractivity contribution < 1.29 is 13.9 Å². The van der Waals surface area contributed by atoms with Gasteiger partial charge in [0.1, 0.15) is 23.1 Å². The quantitative estimate of drug-likeness (QED) is 0.333. The van der Waals surface area contributed by atoms with Gasteiger partial charge in [0.25, 0.3) is 5.56 Å². The molecule has 0 saturated carbocycles. The summed E-state index contributed by atoms with van der Waals surface area (Å²) >= 11 is 0. The van der Waals surface area contributed by atoms with Crippen LogP contribution < -0.4 is 21.9 Å². The van der Waals surface area contributed by atoms with Gasteiger partial charge in [0.05, 0.1) is 13.1 Å². The van der Waals surface area contributed by atoms with Crippen molar-refractivity contribution in [3.8, 4) is 5.75 Å². The Kier molecular flexibility index (Phi) is 8.56. The molecule has 1 aliphatic rings. The van der Waals surface area contributed by atoms with Crippen LogP contribution in [0.5, 0.6) is 5.75 Å². The minimum Gasteiger partial charge on any atom is -0.507 e. The van der Waals surface area contributed by atoms with Gasteiger partial charge in [-0.1, -0.05) is 54.6 Å². The molecular formula is C32H35F2N5O3. The van der Waals surface area contributed by atoms with E-state index in [0.29, 0.717) is 44.1 Å². The number of hydrogen-bond acceptors (Lipinski definition) is 6. The minimum absolute atomic E-state index is 0.0959. The molecule has 5 rings (SSSR count). The number of phenols is 1. The third kappa shape index (κ3) is 5.86. The normalized spacial score (nSPS) is 14.7. The molecule has 3 N–H and O–H groups in total. The smallest absolute Gasteiger partial charge is 0.331 e. The zero-order valence-corrected chi connectivity index (χ0v) is 23.8. The van der Waals surface area contributed by atoms with Crippen LogP contribution in [-0.4, -0.2) is 45.3 Å². The van der Waals surface area contributed by atoms with Gasteiger partial charge in [-0.15, -0.1) is 0 Å². The summed E-state index contributed by atoms with van der Waals surface area (Å²) < 4.78 is 31.7. The van der Waals surface area contributed by atoms with Crippen molar-refractivity contribution in [2.24, 2.45) is 5.73 Å². The summed E-state index contributed by atoms with van der Waals surface area (Å²) in [5.74, 6) is -1.26. The highest BCUT2D eigenvalue weighted by Gasteiger charge is 2.27. The van der Waals surface area contributed by atoms with Crippen molar-refractivity contribution >= 4 is 5.69 Å². The van der Waals surface area contributed by atoms with E-state index in [1.807, 2.05) is 60.4 Å². The number of aromatic hydroxyl groups is 1. The third-order valence-corrected chi connectivity index (χ3v) is 8.05. The van der Waals surface area contributed by atoms with E-state index in [2.05, 4.69) is 4.90 Å². The molecule has 3 aromatic carbocycles. The number of halogens is 2. The first-order valence-corrected chi connectivity index (χ1v) is 14.0. The number of para-hydroxylation sites is 1. The van der Waals surface area contributed by atoms with Crippen molar-refractivity contribution in [2.75, 3.05) is 31.1 Å². The van der Waals surface area contributed by atoms with Crippen LogP contribution in [0.1, 0.15) is 34.0 Å². The maximum Gasteiger partial charge on any atom is 0.331 e. The number of piperazine rings is 1. The predicted molar refractivity (Wildman–Crippen MR) is 159 cm³/mol. The highest BCUT2D eigenvalue weighted by molar-refractivity contribution is 5.50. The van der Waals surface area contributed by atoms with Gasteiger partial charge < -0.3 is 15.7 Å². The fraction of sp³-hybridized carbons (Fsp3) is 0.312. The van der Waals surface area contributed by atoms with E-state index in [1.54, 1.807) is 6.92 Å². The van der Waals surface area contributed by atoms with Crippen molar-refractivity contribution in [3.05, 3.63) is 127 Å². The summed E-state index contributed by atoms with van der Waals surface area (Å²) in [4.78, 5) is 31.8. The van der Waals surface area contributed by atoms with Crippen molar-refractivity contribution in [1.82, 2.24) is 14.0 Å². The Balaban J connectivity index is 1.50. The fourth-order valence-corrected chi connectivity index (χ4v) is 5.56. The minimum atomic E-state index is -0.769.